The van der Waals surface area contributed by atoms with Crippen molar-refractivity contribution in [1.82, 2.24) is 9.97 Å². The number of aromatic nitrogens is 2. The minimum Gasteiger partial charge on any atom is -0.396 e. The number of hydrogen-bond donors (Lipinski definition) is 3. The van der Waals surface area contributed by atoms with Crippen LogP contribution in [-0.4, -0.2) is 15.9 Å². The summed E-state index contributed by atoms with van der Waals surface area (Å²) in [5.41, 5.74) is 4.61. The van der Waals surface area contributed by atoms with Crippen molar-refractivity contribution in [2.75, 3.05) is 11.1 Å². The van der Waals surface area contributed by atoms with Gasteiger partial charge in [-0.25, -0.2) is 13.8 Å². The van der Waals surface area contributed by atoms with Crippen LogP contribution in [0, 0.1) is 11.6 Å². The van der Waals surface area contributed by atoms with Crippen molar-refractivity contribution in [2.24, 2.45) is 0 Å². The average Bonchev–Trinajstić information content (AvgIpc) is 2.76. The lowest BCUT2D eigenvalue weighted by Crippen LogP contribution is -2.15. The number of halogens is 2. The van der Waals surface area contributed by atoms with Crippen molar-refractivity contribution in [2.45, 2.75) is 0 Å². The van der Waals surface area contributed by atoms with E-state index in [1.54, 1.807) is 0 Å². The molecule has 0 atom stereocenters. The highest BCUT2D eigenvalue weighted by atomic mass is 19.1. The molecule has 2 rings (SSSR count). The molecule has 5 nitrogen and oxygen atoms in total. The van der Waals surface area contributed by atoms with Crippen LogP contribution in [0.25, 0.3) is 0 Å². The number of rotatable bonds is 2. The molecule has 0 bridgehead atoms. The molecule has 1 aromatic heterocycles. The van der Waals surface area contributed by atoms with Crippen LogP contribution in [-0.2, 0) is 0 Å². The quantitative estimate of drug-likeness (QED) is 0.693. The number of nitrogens with one attached hydrogen (secondary N) is 2. The first-order chi connectivity index (χ1) is 8.08. The normalized spacial score (nSPS) is 10.2. The van der Waals surface area contributed by atoms with E-state index < -0.39 is 17.5 Å². The molecule has 2 aromatic rings. The predicted octanol–water partition coefficient (Wildman–Crippen LogP) is 1.52. The fraction of sp³-hybridized carbons (Fsp3) is 0. The number of benzene rings is 1. The number of nitrogens with zero attached hydrogens (tertiary/aromatic N) is 1. The zero-order valence-electron chi connectivity index (χ0n) is 8.50. The molecule has 17 heavy (non-hydrogen) atoms. The second-order valence-corrected chi connectivity index (χ2v) is 3.25. The Balaban J connectivity index is 2.28. The maximum absolute atomic E-state index is 13.3. The number of H-pyrrole nitrogens is 1. The third-order valence-corrected chi connectivity index (χ3v) is 2.06. The first-order valence-electron chi connectivity index (χ1n) is 4.63. The van der Waals surface area contributed by atoms with E-state index in [1.165, 1.54) is 12.4 Å². The maximum Gasteiger partial charge on any atom is 0.261 e. The van der Waals surface area contributed by atoms with Crippen LogP contribution in [0.15, 0.2) is 24.5 Å². The average molecular weight is 238 g/mol. The Morgan fingerprint density at radius 3 is 2.76 bits per heavy atom. The van der Waals surface area contributed by atoms with Gasteiger partial charge >= 0.3 is 0 Å². The summed E-state index contributed by atoms with van der Waals surface area (Å²) in [4.78, 5) is 18.0. The molecule has 0 radical (unpaired) electrons. The molecule has 4 N–H and O–H groups in total. The van der Waals surface area contributed by atoms with Gasteiger partial charge in [-0.05, 0) is 6.07 Å². The van der Waals surface area contributed by atoms with E-state index in [0.717, 1.165) is 6.07 Å². The van der Waals surface area contributed by atoms with E-state index in [1.807, 2.05) is 0 Å². The van der Waals surface area contributed by atoms with E-state index in [-0.39, 0.29) is 17.2 Å². The summed E-state index contributed by atoms with van der Waals surface area (Å²) in [6.07, 6.45) is 2.91. The van der Waals surface area contributed by atoms with E-state index in [2.05, 4.69) is 15.3 Å². The Bertz CT molecular complexity index is 554. The molecule has 0 aliphatic rings. The van der Waals surface area contributed by atoms with Gasteiger partial charge in [-0.3, -0.25) is 10.1 Å². The summed E-state index contributed by atoms with van der Waals surface area (Å²) in [6, 6.07) is 1.50. The van der Waals surface area contributed by atoms with E-state index in [0.29, 0.717) is 6.07 Å². The van der Waals surface area contributed by atoms with E-state index in [9.17, 15) is 13.6 Å². The Hall–Kier alpha value is -2.44. The number of imidazole rings is 1. The van der Waals surface area contributed by atoms with Gasteiger partial charge in [0.1, 0.15) is 11.6 Å². The summed E-state index contributed by atoms with van der Waals surface area (Å²) in [7, 11) is 0. The lowest BCUT2D eigenvalue weighted by atomic mass is 10.1. The molecule has 88 valence electrons. The molecular formula is C10H8F2N4O. The molecule has 7 heteroatoms. The molecule has 1 heterocycles. The van der Waals surface area contributed by atoms with Crippen LogP contribution < -0.4 is 11.1 Å². The third-order valence-electron chi connectivity index (χ3n) is 2.06. The zero-order chi connectivity index (χ0) is 12.4. The van der Waals surface area contributed by atoms with Crippen molar-refractivity contribution in [1.29, 1.82) is 0 Å². The minimum atomic E-state index is -0.985. The minimum absolute atomic E-state index is 0.164. The molecular weight excluding hydrogens is 230 g/mol. The van der Waals surface area contributed by atoms with Crippen LogP contribution in [0.4, 0.5) is 20.4 Å². The first kappa shape index (κ1) is 11.1. The second-order valence-electron chi connectivity index (χ2n) is 3.25. The lowest BCUT2D eigenvalue weighted by molar-refractivity contribution is 0.102. The largest absolute Gasteiger partial charge is 0.396 e. The van der Waals surface area contributed by atoms with Gasteiger partial charge in [0.2, 0.25) is 5.95 Å². The molecule has 1 amide bonds. The molecule has 0 aliphatic heterocycles. The molecule has 1 aromatic carbocycles. The van der Waals surface area contributed by atoms with E-state index >= 15 is 0 Å². The smallest absolute Gasteiger partial charge is 0.261 e. The van der Waals surface area contributed by atoms with Gasteiger partial charge in [-0.1, -0.05) is 0 Å². The van der Waals surface area contributed by atoms with Crippen molar-refractivity contribution in [3.05, 3.63) is 41.7 Å². The highest BCUT2D eigenvalue weighted by Gasteiger charge is 2.15. The van der Waals surface area contributed by atoms with Crippen LogP contribution in [0.5, 0.6) is 0 Å². The summed E-state index contributed by atoms with van der Waals surface area (Å²) in [6.45, 7) is 0. The number of carbonyl (C=O) groups is 1. The number of amides is 1. The molecule has 0 spiro atoms. The highest BCUT2D eigenvalue weighted by molar-refractivity contribution is 6.04. The van der Waals surface area contributed by atoms with Gasteiger partial charge in [-0.15, -0.1) is 0 Å². The van der Waals surface area contributed by atoms with Gasteiger partial charge in [0.25, 0.3) is 5.91 Å². The Labute approximate surface area is 94.7 Å². The SMILES string of the molecule is Nc1cc(C(=O)Nc2ncc[nH]2)c(F)cc1F. The maximum atomic E-state index is 13.3. The predicted molar refractivity (Wildman–Crippen MR) is 57.3 cm³/mol. The van der Waals surface area contributed by atoms with Gasteiger partial charge < -0.3 is 10.7 Å². The highest BCUT2D eigenvalue weighted by Crippen LogP contribution is 2.17. The number of nitrogens with two attached hydrogens (primary N) is 1. The lowest BCUT2D eigenvalue weighted by Gasteiger charge is -2.05. The fourth-order valence-corrected chi connectivity index (χ4v) is 1.25. The molecule has 0 unspecified atom stereocenters. The van der Waals surface area contributed by atoms with Crippen molar-refractivity contribution in [3.63, 3.8) is 0 Å². The Morgan fingerprint density at radius 2 is 2.12 bits per heavy atom. The number of hydrogen-bond acceptors (Lipinski definition) is 3. The number of carbonyl (C=O) groups excluding carboxylic acids is 1. The van der Waals surface area contributed by atoms with Crippen molar-refractivity contribution < 1.29 is 13.6 Å². The van der Waals surface area contributed by atoms with Crippen molar-refractivity contribution in [3.8, 4) is 0 Å². The van der Waals surface area contributed by atoms with Gasteiger partial charge in [0.15, 0.2) is 0 Å². The standard InChI is InChI=1S/C10H8F2N4O/c11-6-4-7(12)8(13)3-5(6)9(17)16-10-14-1-2-15-10/h1-4H,13H2,(H2,14,15,16,17). The van der Waals surface area contributed by atoms with Crippen LogP contribution >= 0.6 is 0 Å². The summed E-state index contributed by atoms with van der Waals surface area (Å²) in [5, 5.41) is 2.30. The summed E-state index contributed by atoms with van der Waals surface area (Å²) in [5.74, 6) is -2.49. The van der Waals surface area contributed by atoms with Crippen LogP contribution in [0.1, 0.15) is 10.4 Å². The number of aromatic amines is 1. The van der Waals surface area contributed by atoms with E-state index in [4.69, 9.17) is 5.73 Å². The third kappa shape index (κ3) is 2.22. The monoisotopic (exact) mass is 238 g/mol. The Kier molecular flexibility index (Phi) is 2.73. The van der Waals surface area contributed by atoms with Crippen molar-refractivity contribution >= 4 is 17.5 Å². The molecule has 0 saturated carbocycles. The second kappa shape index (κ2) is 4.20. The zero-order valence-corrected chi connectivity index (χ0v) is 8.50. The molecule has 0 saturated heterocycles. The van der Waals surface area contributed by atoms with Crippen LogP contribution in [0.2, 0.25) is 0 Å². The van der Waals surface area contributed by atoms with Crippen LogP contribution in [0.3, 0.4) is 0 Å². The van der Waals surface area contributed by atoms with Gasteiger partial charge in [0, 0.05) is 18.5 Å². The first-order valence-corrected chi connectivity index (χ1v) is 4.63. The summed E-state index contributed by atoms with van der Waals surface area (Å²) >= 11 is 0. The molecule has 0 fully saturated rings. The number of nitrogen functional groups attached to an aromatic ring is 1. The fourth-order valence-electron chi connectivity index (χ4n) is 1.25. The van der Waals surface area contributed by atoms with Gasteiger partial charge in [0.05, 0.1) is 11.3 Å². The number of anilines is 2. The van der Waals surface area contributed by atoms with Gasteiger partial charge in [-0.2, -0.15) is 0 Å². The Morgan fingerprint density at radius 1 is 1.35 bits per heavy atom. The topological polar surface area (TPSA) is 83.8 Å². The molecule has 0 aliphatic carbocycles. The summed E-state index contributed by atoms with van der Waals surface area (Å²) < 4.78 is 26.2.